The van der Waals surface area contributed by atoms with Crippen LogP contribution < -0.4 is 11.1 Å². The van der Waals surface area contributed by atoms with Crippen molar-refractivity contribution >= 4 is 36.4 Å². The average Bonchev–Trinajstić information content (AvgIpc) is 3.09. The minimum Gasteiger partial charge on any atom is -0.327 e. The van der Waals surface area contributed by atoms with Crippen molar-refractivity contribution in [2.24, 2.45) is 23.5 Å². The molecule has 0 aliphatic heterocycles. The third kappa shape index (κ3) is 4.03. The number of pyridine rings is 1. The van der Waals surface area contributed by atoms with Gasteiger partial charge in [-0.3, -0.25) is 4.79 Å². The predicted molar refractivity (Wildman–Crippen MR) is 106 cm³/mol. The van der Waals surface area contributed by atoms with Gasteiger partial charge in [0.05, 0.1) is 5.69 Å². The highest BCUT2D eigenvalue weighted by atomic mass is 35.5. The van der Waals surface area contributed by atoms with E-state index in [-0.39, 0.29) is 42.7 Å². The molecule has 2 aromatic heterocycles. The Morgan fingerprint density at radius 2 is 1.88 bits per heavy atom. The quantitative estimate of drug-likeness (QED) is 0.832. The highest BCUT2D eigenvalue weighted by Gasteiger charge is 2.40. The normalized spacial score (nSPS) is 27.0. The van der Waals surface area contributed by atoms with E-state index >= 15 is 0 Å². The lowest BCUT2D eigenvalue weighted by atomic mass is 9.65. The van der Waals surface area contributed by atoms with Gasteiger partial charge in [0.1, 0.15) is 0 Å². The maximum Gasteiger partial charge on any atom is 0.227 e. The third-order valence-electron chi connectivity index (χ3n) is 5.55. The molecule has 2 bridgehead atoms. The Morgan fingerprint density at radius 3 is 2.54 bits per heavy atom. The number of carbonyl (C=O) groups is 1. The number of hydrogen-bond acceptors (Lipinski definition) is 4. The molecule has 142 valence electrons. The number of halogens is 2. The molecule has 26 heavy (non-hydrogen) atoms. The molecule has 2 atom stereocenters. The molecule has 0 saturated heterocycles. The number of rotatable bonds is 3. The van der Waals surface area contributed by atoms with Gasteiger partial charge in [0.25, 0.3) is 0 Å². The fourth-order valence-corrected chi connectivity index (χ4v) is 4.31. The molecule has 0 spiro atoms. The van der Waals surface area contributed by atoms with Gasteiger partial charge in [0.15, 0.2) is 5.82 Å². The van der Waals surface area contributed by atoms with E-state index in [1.165, 1.54) is 6.42 Å². The monoisotopic (exact) mass is 397 g/mol. The van der Waals surface area contributed by atoms with Gasteiger partial charge in [-0.05, 0) is 55.7 Å². The Labute approximate surface area is 165 Å². The van der Waals surface area contributed by atoms with Crippen LogP contribution in [0.15, 0.2) is 36.8 Å². The summed E-state index contributed by atoms with van der Waals surface area (Å²) in [5.41, 5.74) is 7.03. The minimum atomic E-state index is 0. The van der Waals surface area contributed by atoms with Crippen molar-refractivity contribution in [3.63, 3.8) is 0 Å². The van der Waals surface area contributed by atoms with Crippen molar-refractivity contribution < 1.29 is 4.79 Å². The molecule has 1 amide bonds. The van der Waals surface area contributed by atoms with Gasteiger partial charge in [-0.15, -0.1) is 24.8 Å². The first kappa shape index (κ1) is 20.7. The Hall–Kier alpha value is -1.63. The van der Waals surface area contributed by atoms with Crippen molar-refractivity contribution in [2.75, 3.05) is 5.32 Å². The number of aromatic nitrogens is 3. The fourth-order valence-electron chi connectivity index (χ4n) is 4.31. The van der Waals surface area contributed by atoms with Gasteiger partial charge in [-0.2, -0.15) is 5.10 Å². The molecule has 8 heteroatoms. The summed E-state index contributed by atoms with van der Waals surface area (Å²) >= 11 is 0. The first-order valence-electron chi connectivity index (χ1n) is 8.74. The van der Waals surface area contributed by atoms with Crippen LogP contribution in [-0.2, 0) is 4.79 Å². The van der Waals surface area contributed by atoms with Gasteiger partial charge in [-0.1, -0.05) is 6.42 Å². The van der Waals surface area contributed by atoms with E-state index in [9.17, 15) is 4.79 Å². The topological polar surface area (TPSA) is 85.8 Å². The highest BCUT2D eigenvalue weighted by molar-refractivity contribution is 5.94. The number of fused-ring (bicyclic) bond motifs is 2. The average molecular weight is 398 g/mol. The second-order valence-corrected chi connectivity index (χ2v) is 7.01. The number of amides is 1. The van der Waals surface area contributed by atoms with Crippen LogP contribution >= 0.6 is 24.8 Å². The van der Waals surface area contributed by atoms with Crippen molar-refractivity contribution in [3.8, 4) is 5.82 Å². The van der Waals surface area contributed by atoms with Gasteiger partial charge < -0.3 is 11.1 Å². The molecule has 0 aromatic carbocycles. The molecule has 0 radical (unpaired) electrons. The molecule has 2 aromatic rings. The Bertz CT molecular complexity index is 710. The molecular formula is C18H25Cl2N5O. The van der Waals surface area contributed by atoms with Crippen molar-refractivity contribution in [1.82, 2.24) is 14.8 Å². The molecule has 2 saturated carbocycles. The number of hydrogen-bond donors (Lipinski definition) is 2. The second-order valence-electron chi connectivity index (χ2n) is 7.01. The van der Waals surface area contributed by atoms with Gasteiger partial charge in [0.2, 0.25) is 5.91 Å². The highest BCUT2D eigenvalue weighted by Crippen LogP contribution is 2.42. The van der Waals surface area contributed by atoms with E-state index in [0.717, 1.165) is 25.7 Å². The van der Waals surface area contributed by atoms with E-state index in [1.807, 2.05) is 24.4 Å². The molecular weight excluding hydrogens is 373 g/mol. The minimum absolute atomic E-state index is 0. The summed E-state index contributed by atoms with van der Waals surface area (Å²) in [5, 5.41) is 7.28. The van der Waals surface area contributed by atoms with Crippen LogP contribution in [0.2, 0.25) is 0 Å². The molecule has 2 aliphatic rings. The SMILES string of the molecule is Cl.Cl.NC1C2CCCC1CC(C(=O)Nc1cccnc1-n1cccn1)C2. The summed E-state index contributed by atoms with van der Waals surface area (Å²) in [6.07, 6.45) is 10.6. The van der Waals surface area contributed by atoms with E-state index in [1.54, 1.807) is 17.1 Å². The van der Waals surface area contributed by atoms with Gasteiger partial charge >= 0.3 is 0 Å². The molecule has 6 nitrogen and oxygen atoms in total. The Kier molecular flexibility index (Phi) is 7.03. The molecule has 2 fully saturated rings. The first-order chi connectivity index (χ1) is 11.7. The zero-order chi connectivity index (χ0) is 16.5. The maximum absolute atomic E-state index is 12.8. The van der Waals surface area contributed by atoms with Crippen molar-refractivity contribution in [3.05, 3.63) is 36.8 Å². The second kappa shape index (κ2) is 8.84. The lowest BCUT2D eigenvalue weighted by Crippen LogP contribution is -2.48. The van der Waals surface area contributed by atoms with E-state index in [4.69, 9.17) is 5.73 Å². The number of nitrogens with two attached hydrogens (primary N) is 1. The van der Waals surface area contributed by atoms with Crippen molar-refractivity contribution in [1.29, 1.82) is 0 Å². The fraction of sp³-hybridized carbons (Fsp3) is 0.500. The summed E-state index contributed by atoms with van der Waals surface area (Å²) < 4.78 is 1.67. The zero-order valence-corrected chi connectivity index (χ0v) is 16.1. The predicted octanol–water partition coefficient (Wildman–Crippen LogP) is 3.20. The lowest BCUT2D eigenvalue weighted by molar-refractivity contribution is -0.122. The Balaban J connectivity index is 0.00000121. The lowest BCUT2D eigenvalue weighted by Gasteiger charge is -2.43. The summed E-state index contributed by atoms with van der Waals surface area (Å²) in [4.78, 5) is 17.2. The summed E-state index contributed by atoms with van der Waals surface area (Å²) in [6, 6.07) is 5.82. The van der Waals surface area contributed by atoms with Crippen molar-refractivity contribution in [2.45, 2.75) is 38.1 Å². The number of anilines is 1. The summed E-state index contributed by atoms with van der Waals surface area (Å²) in [7, 11) is 0. The molecule has 3 N–H and O–H groups in total. The number of nitrogens with zero attached hydrogens (tertiary/aromatic N) is 3. The van der Waals surface area contributed by atoms with Crippen LogP contribution in [-0.4, -0.2) is 26.7 Å². The molecule has 2 unspecified atom stereocenters. The first-order valence-corrected chi connectivity index (χ1v) is 8.74. The maximum atomic E-state index is 12.8. The van der Waals surface area contributed by atoms with Gasteiger partial charge in [0, 0.05) is 30.6 Å². The van der Waals surface area contributed by atoms with Crippen LogP contribution in [0.3, 0.4) is 0 Å². The van der Waals surface area contributed by atoms with Crippen LogP contribution in [0.4, 0.5) is 5.69 Å². The van der Waals surface area contributed by atoms with Crippen LogP contribution in [0.1, 0.15) is 32.1 Å². The molecule has 2 heterocycles. The standard InChI is InChI=1S/C18H23N5O.2ClH/c19-16-12-4-1-5-13(16)11-14(10-12)18(24)22-15-6-2-7-20-17(15)23-9-3-8-21-23;;/h2-3,6-9,12-14,16H,1,4-5,10-11,19H2,(H,22,24);2*1H. The van der Waals surface area contributed by atoms with Crippen LogP contribution in [0.25, 0.3) is 5.82 Å². The largest absolute Gasteiger partial charge is 0.327 e. The summed E-state index contributed by atoms with van der Waals surface area (Å²) in [5.74, 6) is 1.76. The smallest absolute Gasteiger partial charge is 0.227 e. The Morgan fingerprint density at radius 1 is 1.15 bits per heavy atom. The van der Waals surface area contributed by atoms with Crippen LogP contribution in [0.5, 0.6) is 0 Å². The molecule has 2 aliphatic carbocycles. The zero-order valence-electron chi connectivity index (χ0n) is 14.5. The number of carbonyl (C=O) groups excluding carboxylic acids is 1. The summed E-state index contributed by atoms with van der Waals surface area (Å²) in [6.45, 7) is 0. The molecule has 4 rings (SSSR count). The van der Waals surface area contributed by atoms with Gasteiger partial charge in [-0.25, -0.2) is 9.67 Å². The number of nitrogens with one attached hydrogen (secondary N) is 1. The van der Waals surface area contributed by atoms with E-state index < -0.39 is 0 Å². The van der Waals surface area contributed by atoms with E-state index in [2.05, 4.69) is 15.4 Å². The van der Waals surface area contributed by atoms with Crippen LogP contribution in [0, 0.1) is 17.8 Å². The van der Waals surface area contributed by atoms with E-state index in [0.29, 0.717) is 23.3 Å². The third-order valence-corrected chi connectivity index (χ3v) is 5.55.